The lowest BCUT2D eigenvalue weighted by Gasteiger charge is -2.16. The summed E-state index contributed by atoms with van der Waals surface area (Å²) < 4.78 is 0. The molecule has 0 bridgehead atoms. The van der Waals surface area contributed by atoms with Crippen LogP contribution in [0.1, 0.15) is 19.8 Å². The van der Waals surface area contributed by atoms with Crippen molar-refractivity contribution in [3.63, 3.8) is 0 Å². The molecule has 0 rings (SSSR count). The van der Waals surface area contributed by atoms with E-state index < -0.39 is 0 Å². The zero-order valence-corrected chi connectivity index (χ0v) is 11.0. The molecule has 2 amide bonds. The Morgan fingerprint density at radius 2 is 1.94 bits per heavy atom. The van der Waals surface area contributed by atoms with Gasteiger partial charge < -0.3 is 15.5 Å². The first kappa shape index (κ1) is 17.6. The molecule has 16 heavy (non-hydrogen) atoms. The van der Waals surface area contributed by atoms with Crippen LogP contribution in [0, 0.1) is 0 Å². The van der Waals surface area contributed by atoms with Crippen molar-refractivity contribution in [2.75, 3.05) is 33.7 Å². The topological polar surface area (TPSA) is 61.4 Å². The minimum atomic E-state index is -0.0622. The molecular weight excluding hydrogens is 230 g/mol. The summed E-state index contributed by atoms with van der Waals surface area (Å²) in [5.41, 5.74) is 0. The molecule has 2 N–H and O–H groups in total. The van der Waals surface area contributed by atoms with Crippen LogP contribution in [0.2, 0.25) is 0 Å². The molecule has 0 aliphatic heterocycles. The second kappa shape index (κ2) is 10.7. The first-order chi connectivity index (χ1) is 7.11. The molecule has 0 saturated heterocycles. The van der Waals surface area contributed by atoms with E-state index in [9.17, 15) is 9.59 Å². The number of hydrogen-bond donors (Lipinski definition) is 2. The maximum Gasteiger partial charge on any atom is 0.241 e. The number of nitrogens with one attached hydrogen (secondary N) is 2. The standard InChI is InChI=1S/C10H21N3O2.ClH/c1-4-5-9(14)12-8-10(15)13(3)7-6-11-2;/h11H,4-8H2,1-3H3,(H,12,14);1H. The lowest BCUT2D eigenvalue weighted by atomic mass is 10.3. The van der Waals surface area contributed by atoms with E-state index in [2.05, 4.69) is 10.6 Å². The van der Waals surface area contributed by atoms with Gasteiger partial charge in [-0.05, 0) is 13.5 Å². The summed E-state index contributed by atoms with van der Waals surface area (Å²) in [7, 11) is 3.56. The van der Waals surface area contributed by atoms with Crippen LogP contribution in [0.4, 0.5) is 0 Å². The predicted octanol–water partition coefficient (Wildman–Crippen LogP) is 0.00230. The SMILES string of the molecule is CCCC(=O)NCC(=O)N(C)CCNC.Cl. The van der Waals surface area contributed by atoms with Crippen LogP contribution in [0.25, 0.3) is 0 Å². The summed E-state index contributed by atoms with van der Waals surface area (Å²) in [5.74, 6) is -0.123. The largest absolute Gasteiger partial charge is 0.347 e. The van der Waals surface area contributed by atoms with Crippen molar-refractivity contribution in [1.82, 2.24) is 15.5 Å². The van der Waals surface area contributed by atoms with Crippen molar-refractivity contribution >= 4 is 24.2 Å². The Hall–Kier alpha value is -0.810. The highest BCUT2D eigenvalue weighted by Gasteiger charge is 2.08. The third kappa shape index (κ3) is 8.49. The molecule has 5 nitrogen and oxygen atoms in total. The van der Waals surface area contributed by atoms with Crippen molar-refractivity contribution < 1.29 is 9.59 Å². The molecule has 6 heteroatoms. The van der Waals surface area contributed by atoms with Gasteiger partial charge in [-0.1, -0.05) is 6.92 Å². The van der Waals surface area contributed by atoms with Crippen LogP contribution in [-0.2, 0) is 9.59 Å². The molecule has 0 radical (unpaired) electrons. The molecule has 0 spiro atoms. The van der Waals surface area contributed by atoms with Crippen LogP contribution in [0.15, 0.2) is 0 Å². The maximum absolute atomic E-state index is 11.4. The van der Waals surface area contributed by atoms with E-state index in [1.807, 2.05) is 14.0 Å². The highest BCUT2D eigenvalue weighted by atomic mass is 35.5. The number of carbonyl (C=O) groups excluding carboxylic acids is 2. The third-order valence-corrected chi connectivity index (χ3v) is 2.04. The van der Waals surface area contributed by atoms with Crippen LogP contribution in [-0.4, -0.2) is 50.4 Å². The average Bonchev–Trinajstić information content (AvgIpc) is 2.22. The predicted molar refractivity (Wildman–Crippen MR) is 66.7 cm³/mol. The van der Waals surface area contributed by atoms with E-state index >= 15 is 0 Å². The van der Waals surface area contributed by atoms with Gasteiger partial charge >= 0.3 is 0 Å². The lowest BCUT2D eigenvalue weighted by Crippen LogP contribution is -2.40. The summed E-state index contributed by atoms with van der Waals surface area (Å²) in [6.45, 7) is 3.43. The number of rotatable bonds is 7. The number of carbonyl (C=O) groups is 2. The van der Waals surface area contributed by atoms with Gasteiger partial charge in [-0.3, -0.25) is 9.59 Å². The van der Waals surface area contributed by atoms with Gasteiger partial charge in [0.15, 0.2) is 0 Å². The van der Waals surface area contributed by atoms with E-state index in [-0.39, 0.29) is 30.8 Å². The van der Waals surface area contributed by atoms with Crippen molar-refractivity contribution in [1.29, 1.82) is 0 Å². The third-order valence-electron chi connectivity index (χ3n) is 2.04. The van der Waals surface area contributed by atoms with Gasteiger partial charge in [0.1, 0.15) is 0 Å². The van der Waals surface area contributed by atoms with Gasteiger partial charge in [-0.25, -0.2) is 0 Å². The fraction of sp³-hybridized carbons (Fsp3) is 0.800. The van der Waals surface area contributed by atoms with Gasteiger partial charge in [0.25, 0.3) is 0 Å². The van der Waals surface area contributed by atoms with Gasteiger partial charge in [0.2, 0.25) is 11.8 Å². The first-order valence-electron chi connectivity index (χ1n) is 5.27. The van der Waals surface area contributed by atoms with E-state index in [4.69, 9.17) is 0 Å². The first-order valence-corrected chi connectivity index (χ1v) is 5.27. The van der Waals surface area contributed by atoms with Crippen LogP contribution in [0.5, 0.6) is 0 Å². The fourth-order valence-corrected chi connectivity index (χ4v) is 1.03. The summed E-state index contributed by atoms with van der Waals surface area (Å²) in [6.07, 6.45) is 1.28. The summed E-state index contributed by atoms with van der Waals surface area (Å²) in [4.78, 5) is 24.1. The van der Waals surface area contributed by atoms with E-state index in [0.717, 1.165) is 13.0 Å². The maximum atomic E-state index is 11.4. The highest BCUT2D eigenvalue weighted by molar-refractivity contribution is 5.85. The Labute approximate surface area is 103 Å². The number of amides is 2. The second-order valence-corrected chi connectivity index (χ2v) is 3.45. The van der Waals surface area contributed by atoms with Gasteiger partial charge in [0, 0.05) is 26.6 Å². The number of halogens is 1. The van der Waals surface area contributed by atoms with Crippen molar-refractivity contribution in [2.24, 2.45) is 0 Å². The van der Waals surface area contributed by atoms with Crippen molar-refractivity contribution in [3.8, 4) is 0 Å². The summed E-state index contributed by atoms with van der Waals surface area (Å²) in [5, 5.41) is 5.55. The van der Waals surface area contributed by atoms with Crippen molar-refractivity contribution in [3.05, 3.63) is 0 Å². The zero-order valence-electron chi connectivity index (χ0n) is 10.2. The Morgan fingerprint density at radius 1 is 1.31 bits per heavy atom. The van der Waals surface area contributed by atoms with Crippen LogP contribution >= 0.6 is 12.4 Å². The number of hydrogen-bond acceptors (Lipinski definition) is 3. The van der Waals surface area contributed by atoms with Crippen molar-refractivity contribution in [2.45, 2.75) is 19.8 Å². The van der Waals surface area contributed by atoms with Gasteiger partial charge in [-0.15, -0.1) is 12.4 Å². The molecule has 0 fully saturated rings. The van der Waals surface area contributed by atoms with Gasteiger partial charge in [-0.2, -0.15) is 0 Å². The molecule has 0 aromatic heterocycles. The van der Waals surface area contributed by atoms with E-state index in [0.29, 0.717) is 13.0 Å². The smallest absolute Gasteiger partial charge is 0.241 e. The Morgan fingerprint density at radius 3 is 2.44 bits per heavy atom. The minimum absolute atomic E-state index is 0. The monoisotopic (exact) mass is 251 g/mol. The lowest BCUT2D eigenvalue weighted by molar-refractivity contribution is -0.131. The summed E-state index contributed by atoms with van der Waals surface area (Å²) in [6, 6.07) is 0. The Balaban J connectivity index is 0. The molecule has 0 saturated carbocycles. The van der Waals surface area contributed by atoms with E-state index in [1.54, 1.807) is 11.9 Å². The van der Waals surface area contributed by atoms with Crippen LogP contribution < -0.4 is 10.6 Å². The molecule has 0 aromatic carbocycles. The Bertz CT molecular complexity index is 212. The molecule has 0 aliphatic rings. The molecular formula is C10H22ClN3O2. The molecule has 96 valence electrons. The minimum Gasteiger partial charge on any atom is -0.347 e. The Kier molecular flexibility index (Phi) is 11.8. The molecule has 0 aliphatic carbocycles. The average molecular weight is 252 g/mol. The zero-order chi connectivity index (χ0) is 11.7. The molecule has 0 heterocycles. The molecule has 0 atom stereocenters. The highest BCUT2D eigenvalue weighted by Crippen LogP contribution is 1.87. The van der Waals surface area contributed by atoms with Gasteiger partial charge in [0.05, 0.1) is 6.54 Å². The summed E-state index contributed by atoms with van der Waals surface area (Å²) >= 11 is 0. The fourth-order valence-electron chi connectivity index (χ4n) is 1.03. The molecule has 0 unspecified atom stereocenters. The normalized spacial score (nSPS) is 9.19. The van der Waals surface area contributed by atoms with E-state index in [1.165, 1.54) is 0 Å². The quantitative estimate of drug-likeness (QED) is 0.670. The van der Waals surface area contributed by atoms with Crippen LogP contribution in [0.3, 0.4) is 0 Å². The number of likely N-dealkylation sites (N-methyl/N-ethyl adjacent to an activating group) is 2. The number of nitrogens with zero attached hydrogens (tertiary/aromatic N) is 1. The second-order valence-electron chi connectivity index (χ2n) is 3.45. The molecule has 0 aromatic rings.